The minimum Gasteiger partial charge on any atom is -0.303 e. The first-order valence-electron chi connectivity index (χ1n) is 9.34. The van der Waals surface area contributed by atoms with Gasteiger partial charge in [-0.25, -0.2) is 0 Å². The zero-order valence-electron chi connectivity index (χ0n) is 15.5. The Labute approximate surface area is 150 Å². The Morgan fingerprint density at radius 3 is 1.96 bits per heavy atom. The Hall–Kier alpha value is -0.340. The predicted octanol–water partition coefficient (Wildman–Crippen LogP) is 5.25. The van der Waals surface area contributed by atoms with E-state index in [0.29, 0.717) is 0 Å². The molecule has 1 atom stereocenters. The minimum absolute atomic E-state index is 0.942. The van der Waals surface area contributed by atoms with Gasteiger partial charge in [-0.05, 0) is 38.3 Å². The highest BCUT2D eigenvalue weighted by Crippen LogP contribution is 2.20. The number of piperidine rings is 1. The summed E-state index contributed by atoms with van der Waals surface area (Å²) in [6.45, 7) is 8.77. The SMILES string of the molecule is CCCCCCCCCCN1CCCC(C)C1.O=S(=O)(O)C(F)(F)F. The van der Waals surface area contributed by atoms with Crippen molar-refractivity contribution in [3.63, 3.8) is 0 Å². The number of nitrogens with zero attached hydrogens (tertiary/aromatic N) is 1. The molecule has 0 aromatic carbocycles. The smallest absolute Gasteiger partial charge is 0.303 e. The predicted molar refractivity (Wildman–Crippen MR) is 95.1 cm³/mol. The van der Waals surface area contributed by atoms with Crippen LogP contribution in [0.2, 0.25) is 0 Å². The summed E-state index contributed by atoms with van der Waals surface area (Å²) in [6.07, 6.45) is 14.4. The van der Waals surface area contributed by atoms with E-state index >= 15 is 0 Å². The first-order valence-corrected chi connectivity index (χ1v) is 10.8. The van der Waals surface area contributed by atoms with Crippen molar-refractivity contribution in [1.82, 2.24) is 4.90 Å². The van der Waals surface area contributed by atoms with Crippen molar-refractivity contribution >= 4 is 10.1 Å². The van der Waals surface area contributed by atoms with Gasteiger partial charge in [0.25, 0.3) is 0 Å². The molecule has 1 heterocycles. The van der Waals surface area contributed by atoms with Crippen LogP contribution in [0.4, 0.5) is 13.2 Å². The van der Waals surface area contributed by atoms with Crippen LogP contribution in [0.5, 0.6) is 0 Å². The van der Waals surface area contributed by atoms with Gasteiger partial charge in [0.1, 0.15) is 0 Å². The van der Waals surface area contributed by atoms with Gasteiger partial charge in [0, 0.05) is 6.54 Å². The van der Waals surface area contributed by atoms with Crippen molar-refractivity contribution in [3.05, 3.63) is 0 Å². The fourth-order valence-corrected chi connectivity index (χ4v) is 2.96. The van der Waals surface area contributed by atoms with Crippen LogP contribution >= 0.6 is 0 Å². The van der Waals surface area contributed by atoms with Crippen molar-refractivity contribution in [2.24, 2.45) is 5.92 Å². The quantitative estimate of drug-likeness (QED) is 0.332. The van der Waals surface area contributed by atoms with Gasteiger partial charge >= 0.3 is 15.6 Å². The van der Waals surface area contributed by atoms with Crippen LogP contribution in [0.25, 0.3) is 0 Å². The van der Waals surface area contributed by atoms with Crippen LogP contribution in [-0.4, -0.2) is 43.0 Å². The molecule has 0 aliphatic carbocycles. The molecule has 1 rings (SSSR count). The molecule has 1 aliphatic rings. The van der Waals surface area contributed by atoms with E-state index in [9.17, 15) is 13.2 Å². The number of rotatable bonds is 9. The lowest BCUT2D eigenvalue weighted by atomic mass is 10.00. The summed E-state index contributed by atoms with van der Waals surface area (Å²) in [6, 6.07) is 0. The van der Waals surface area contributed by atoms with Gasteiger partial charge in [-0.2, -0.15) is 21.6 Å². The maximum Gasteiger partial charge on any atom is 0.522 e. The lowest BCUT2D eigenvalue weighted by Gasteiger charge is -2.30. The molecule has 152 valence electrons. The first kappa shape index (κ1) is 24.7. The molecule has 0 aromatic rings. The number of likely N-dealkylation sites (tertiary alicyclic amines) is 1. The molecule has 1 saturated heterocycles. The van der Waals surface area contributed by atoms with E-state index in [1.165, 1.54) is 83.8 Å². The van der Waals surface area contributed by atoms with E-state index in [4.69, 9.17) is 13.0 Å². The molecular weight excluding hydrogens is 355 g/mol. The van der Waals surface area contributed by atoms with Crippen molar-refractivity contribution < 1.29 is 26.1 Å². The Bertz CT molecular complexity index is 427. The average Bonchev–Trinajstić information content (AvgIpc) is 2.49. The molecule has 0 spiro atoms. The van der Waals surface area contributed by atoms with Crippen molar-refractivity contribution in [3.8, 4) is 0 Å². The van der Waals surface area contributed by atoms with E-state index in [0.717, 1.165) is 5.92 Å². The zero-order chi connectivity index (χ0) is 19.3. The summed E-state index contributed by atoms with van der Waals surface area (Å²) in [5.74, 6) is 0.942. The molecule has 1 N–H and O–H groups in total. The second-order valence-electron chi connectivity index (χ2n) is 6.94. The van der Waals surface area contributed by atoms with Crippen LogP contribution in [0.1, 0.15) is 78.1 Å². The Morgan fingerprint density at radius 2 is 1.52 bits per heavy atom. The second kappa shape index (κ2) is 12.9. The molecule has 0 aromatic heterocycles. The third kappa shape index (κ3) is 13.5. The number of hydrogen-bond acceptors (Lipinski definition) is 3. The fraction of sp³-hybridized carbons (Fsp3) is 1.00. The van der Waals surface area contributed by atoms with Crippen LogP contribution in [-0.2, 0) is 10.1 Å². The molecule has 1 aliphatic heterocycles. The van der Waals surface area contributed by atoms with Crippen LogP contribution in [0, 0.1) is 5.92 Å². The van der Waals surface area contributed by atoms with Crippen LogP contribution < -0.4 is 0 Å². The maximum atomic E-state index is 10.7. The van der Waals surface area contributed by atoms with Crippen LogP contribution in [0.15, 0.2) is 0 Å². The summed E-state index contributed by atoms with van der Waals surface area (Å²) < 4.78 is 57.5. The Kier molecular flexibility index (Phi) is 12.7. The molecule has 0 saturated carbocycles. The van der Waals surface area contributed by atoms with E-state index in [1.54, 1.807) is 0 Å². The molecular formula is C17H34F3NO3S. The topological polar surface area (TPSA) is 57.6 Å². The monoisotopic (exact) mass is 389 g/mol. The van der Waals surface area contributed by atoms with Crippen LogP contribution in [0.3, 0.4) is 0 Å². The summed E-state index contributed by atoms with van der Waals surface area (Å²) in [4.78, 5) is 2.69. The van der Waals surface area contributed by atoms with Gasteiger partial charge < -0.3 is 4.90 Å². The first-order chi connectivity index (χ1) is 11.6. The Morgan fingerprint density at radius 1 is 1.04 bits per heavy atom. The van der Waals surface area contributed by atoms with Crippen molar-refractivity contribution in [1.29, 1.82) is 0 Å². The lowest BCUT2D eigenvalue weighted by molar-refractivity contribution is -0.0510. The summed E-state index contributed by atoms with van der Waals surface area (Å²) in [5, 5.41) is 0. The highest BCUT2D eigenvalue weighted by atomic mass is 32.2. The molecule has 8 heteroatoms. The highest BCUT2D eigenvalue weighted by molar-refractivity contribution is 7.86. The average molecular weight is 390 g/mol. The third-order valence-electron chi connectivity index (χ3n) is 4.36. The summed E-state index contributed by atoms with van der Waals surface area (Å²) in [7, 11) is -5.84. The molecule has 0 amide bonds. The second-order valence-corrected chi connectivity index (χ2v) is 8.36. The van der Waals surface area contributed by atoms with Gasteiger partial charge in [-0.15, -0.1) is 0 Å². The van der Waals surface area contributed by atoms with Gasteiger partial charge in [0.05, 0.1) is 0 Å². The minimum atomic E-state index is -5.84. The fourth-order valence-electron chi connectivity index (χ4n) is 2.96. The standard InChI is InChI=1S/C16H33N.CHF3O3S/c1-3-4-5-6-7-8-9-10-13-17-14-11-12-16(2)15-17;2-1(3,4)8(5,6)7/h16H,3-15H2,1-2H3;(H,5,6,7). The largest absolute Gasteiger partial charge is 0.522 e. The van der Waals surface area contributed by atoms with Gasteiger partial charge in [-0.3, -0.25) is 4.55 Å². The molecule has 1 unspecified atom stereocenters. The van der Waals surface area contributed by atoms with E-state index in [-0.39, 0.29) is 0 Å². The van der Waals surface area contributed by atoms with E-state index in [1.807, 2.05) is 0 Å². The molecule has 4 nitrogen and oxygen atoms in total. The summed E-state index contributed by atoms with van der Waals surface area (Å²) >= 11 is 0. The highest BCUT2D eigenvalue weighted by Gasteiger charge is 2.44. The number of halogens is 3. The van der Waals surface area contributed by atoms with Crippen molar-refractivity contribution in [2.75, 3.05) is 19.6 Å². The molecule has 0 bridgehead atoms. The van der Waals surface area contributed by atoms with E-state index < -0.39 is 15.6 Å². The molecule has 25 heavy (non-hydrogen) atoms. The number of hydrogen-bond donors (Lipinski definition) is 1. The van der Waals surface area contributed by atoms with Crippen molar-refractivity contribution in [2.45, 2.75) is 83.6 Å². The summed E-state index contributed by atoms with van der Waals surface area (Å²) in [5.41, 5.74) is -5.53. The van der Waals surface area contributed by atoms with Gasteiger partial charge in [0.15, 0.2) is 0 Å². The third-order valence-corrected chi connectivity index (χ3v) is 4.95. The number of unbranched alkanes of at least 4 members (excludes halogenated alkanes) is 7. The van der Waals surface area contributed by atoms with Gasteiger partial charge in [-0.1, -0.05) is 58.8 Å². The maximum absolute atomic E-state index is 10.7. The van der Waals surface area contributed by atoms with E-state index in [2.05, 4.69) is 18.7 Å². The number of alkyl halides is 3. The molecule has 1 fully saturated rings. The van der Waals surface area contributed by atoms with Gasteiger partial charge in [0.2, 0.25) is 0 Å². The normalized spacial score (nSPS) is 19.4. The lowest BCUT2D eigenvalue weighted by Crippen LogP contribution is -2.34. The Balaban J connectivity index is 0.000000609. The zero-order valence-corrected chi connectivity index (χ0v) is 16.3. The molecule has 0 radical (unpaired) electrons.